The van der Waals surface area contributed by atoms with Crippen LogP contribution in [-0.4, -0.2) is 15.5 Å². The predicted molar refractivity (Wildman–Crippen MR) is 126 cm³/mol. The molecular weight excluding hydrogens is 420 g/mol. The van der Waals surface area contributed by atoms with Crippen molar-refractivity contribution in [1.29, 1.82) is 0 Å². The van der Waals surface area contributed by atoms with Crippen LogP contribution >= 0.6 is 0 Å². The molecule has 6 heteroatoms. The van der Waals surface area contributed by atoms with E-state index in [1.807, 2.05) is 44.2 Å². The van der Waals surface area contributed by atoms with Gasteiger partial charge in [-0.3, -0.25) is 4.79 Å². The zero-order valence-electron chi connectivity index (χ0n) is 18.6. The highest BCUT2D eigenvalue weighted by molar-refractivity contribution is 5.99. The topological polar surface area (TPSA) is 46.9 Å². The lowest BCUT2D eigenvalue weighted by molar-refractivity contribution is 0.0927. The monoisotopic (exact) mass is 445 g/mol. The summed E-state index contributed by atoms with van der Waals surface area (Å²) in [5.41, 5.74) is 2.70. The van der Waals surface area contributed by atoms with Crippen molar-refractivity contribution in [2.75, 3.05) is 0 Å². The molecule has 3 aromatic carbocycles. The summed E-state index contributed by atoms with van der Waals surface area (Å²) in [5, 5.41) is 3.11. The van der Waals surface area contributed by atoms with E-state index in [0.717, 1.165) is 5.56 Å². The van der Waals surface area contributed by atoms with Gasteiger partial charge in [0.1, 0.15) is 28.8 Å². The molecular formula is C27H25F2N3O. The number of carbonyl (C=O) groups excluding carboxylic acids is 1. The van der Waals surface area contributed by atoms with Crippen molar-refractivity contribution in [2.24, 2.45) is 0 Å². The second-order valence-corrected chi connectivity index (χ2v) is 7.74. The van der Waals surface area contributed by atoms with Gasteiger partial charge >= 0.3 is 0 Å². The average Bonchev–Trinajstić information content (AvgIpc) is 3.23. The highest BCUT2D eigenvalue weighted by atomic mass is 19.1. The third-order valence-electron chi connectivity index (χ3n) is 5.60. The van der Waals surface area contributed by atoms with Gasteiger partial charge in [0, 0.05) is 17.7 Å². The van der Waals surface area contributed by atoms with Crippen molar-refractivity contribution in [3.05, 3.63) is 102 Å². The van der Waals surface area contributed by atoms with Crippen LogP contribution in [0.25, 0.3) is 22.6 Å². The van der Waals surface area contributed by atoms with E-state index in [1.54, 1.807) is 28.8 Å². The van der Waals surface area contributed by atoms with Gasteiger partial charge in [0.05, 0.1) is 6.04 Å². The van der Waals surface area contributed by atoms with E-state index >= 15 is 0 Å². The van der Waals surface area contributed by atoms with Crippen LogP contribution in [0.3, 0.4) is 0 Å². The minimum absolute atomic E-state index is 0.197. The van der Waals surface area contributed by atoms with Crippen LogP contribution < -0.4 is 5.32 Å². The summed E-state index contributed by atoms with van der Waals surface area (Å²) in [5.74, 6) is -0.685. The van der Waals surface area contributed by atoms with Gasteiger partial charge in [0.25, 0.3) is 5.91 Å². The molecule has 0 aliphatic rings. The van der Waals surface area contributed by atoms with Crippen molar-refractivity contribution in [1.82, 2.24) is 14.9 Å². The number of nitrogens with one attached hydrogen (secondary N) is 1. The molecule has 0 radical (unpaired) electrons. The highest BCUT2D eigenvalue weighted by Gasteiger charge is 2.26. The van der Waals surface area contributed by atoms with Gasteiger partial charge in [-0.2, -0.15) is 0 Å². The molecule has 33 heavy (non-hydrogen) atoms. The molecule has 4 rings (SSSR count). The zero-order valence-corrected chi connectivity index (χ0v) is 18.6. The SMILES string of the molecule is CCC(NC(=O)c1c(-c2cccc(F)c2)nc(-c2cccc(F)c2)n1CC)c1ccccc1. The lowest BCUT2D eigenvalue weighted by Crippen LogP contribution is -2.30. The summed E-state index contributed by atoms with van der Waals surface area (Å²) in [4.78, 5) is 18.3. The summed E-state index contributed by atoms with van der Waals surface area (Å²) >= 11 is 0. The molecule has 0 saturated carbocycles. The highest BCUT2D eigenvalue weighted by Crippen LogP contribution is 2.31. The lowest BCUT2D eigenvalue weighted by Gasteiger charge is -2.19. The lowest BCUT2D eigenvalue weighted by atomic mass is 10.0. The van der Waals surface area contributed by atoms with E-state index in [-0.39, 0.29) is 11.9 Å². The molecule has 1 atom stereocenters. The molecule has 168 valence electrons. The Bertz CT molecular complexity index is 1270. The van der Waals surface area contributed by atoms with Gasteiger partial charge in [0.15, 0.2) is 0 Å². The van der Waals surface area contributed by atoms with Crippen LogP contribution in [0.1, 0.15) is 42.4 Å². The number of hydrogen-bond donors (Lipinski definition) is 1. The van der Waals surface area contributed by atoms with Crippen molar-refractivity contribution in [3.63, 3.8) is 0 Å². The number of hydrogen-bond acceptors (Lipinski definition) is 2. The summed E-state index contributed by atoms with van der Waals surface area (Å²) in [6, 6.07) is 21.6. The Morgan fingerprint density at radius 2 is 1.55 bits per heavy atom. The number of aromatic nitrogens is 2. The van der Waals surface area contributed by atoms with Crippen LogP contribution in [0.2, 0.25) is 0 Å². The molecule has 0 aliphatic carbocycles. The molecule has 4 nitrogen and oxygen atoms in total. The number of benzene rings is 3. The Morgan fingerprint density at radius 3 is 2.15 bits per heavy atom. The first-order chi connectivity index (χ1) is 16.0. The smallest absolute Gasteiger partial charge is 0.270 e. The molecule has 1 heterocycles. The Balaban J connectivity index is 1.85. The molecule has 0 fully saturated rings. The fourth-order valence-corrected chi connectivity index (χ4v) is 4.01. The van der Waals surface area contributed by atoms with Crippen LogP contribution in [-0.2, 0) is 6.54 Å². The first-order valence-electron chi connectivity index (χ1n) is 11.0. The maximum Gasteiger partial charge on any atom is 0.270 e. The molecule has 1 aromatic heterocycles. The molecule has 0 saturated heterocycles. The fraction of sp³-hybridized carbons (Fsp3) is 0.185. The molecule has 1 unspecified atom stereocenters. The Hall–Kier alpha value is -3.80. The van der Waals surface area contributed by atoms with E-state index in [9.17, 15) is 13.6 Å². The van der Waals surface area contributed by atoms with Gasteiger partial charge in [-0.15, -0.1) is 0 Å². The van der Waals surface area contributed by atoms with E-state index in [1.165, 1.54) is 24.3 Å². The van der Waals surface area contributed by atoms with Crippen molar-refractivity contribution in [2.45, 2.75) is 32.9 Å². The summed E-state index contributed by atoms with van der Waals surface area (Å²) in [7, 11) is 0. The standard InChI is InChI=1S/C27H25F2N3O/c1-3-23(18-10-6-5-7-11-18)30-27(33)25-24(19-12-8-14-21(28)16-19)31-26(32(25)4-2)20-13-9-15-22(29)17-20/h5-17,23H,3-4H2,1-2H3,(H,30,33). The second kappa shape index (κ2) is 9.77. The molecule has 1 N–H and O–H groups in total. The van der Waals surface area contributed by atoms with E-state index in [2.05, 4.69) is 5.32 Å². The maximum atomic E-state index is 14.1. The first-order valence-corrected chi connectivity index (χ1v) is 11.0. The third kappa shape index (κ3) is 4.70. The minimum Gasteiger partial charge on any atom is -0.344 e. The van der Waals surface area contributed by atoms with Crippen molar-refractivity contribution < 1.29 is 13.6 Å². The quantitative estimate of drug-likeness (QED) is 0.358. The van der Waals surface area contributed by atoms with E-state index in [0.29, 0.717) is 41.3 Å². The van der Waals surface area contributed by atoms with E-state index < -0.39 is 11.6 Å². The Kier molecular flexibility index (Phi) is 6.63. The first kappa shape index (κ1) is 22.4. The average molecular weight is 446 g/mol. The number of amides is 1. The molecule has 0 aliphatic heterocycles. The molecule has 1 amide bonds. The van der Waals surface area contributed by atoms with Crippen LogP contribution in [0, 0.1) is 11.6 Å². The molecule has 0 spiro atoms. The molecule has 0 bridgehead atoms. The van der Waals surface area contributed by atoms with Crippen LogP contribution in [0.4, 0.5) is 8.78 Å². The predicted octanol–water partition coefficient (Wildman–Crippen LogP) is 6.40. The van der Waals surface area contributed by atoms with Crippen molar-refractivity contribution >= 4 is 5.91 Å². The minimum atomic E-state index is -0.423. The maximum absolute atomic E-state index is 14.1. The largest absolute Gasteiger partial charge is 0.344 e. The fourth-order valence-electron chi connectivity index (χ4n) is 4.01. The molecule has 4 aromatic rings. The zero-order chi connectivity index (χ0) is 23.4. The number of imidazole rings is 1. The summed E-state index contributed by atoms with van der Waals surface area (Å²) in [6.45, 7) is 4.32. The summed E-state index contributed by atoms with van der Waals surface area (Å²) < 4.78 is 29.8. The van der Waals surface area contributed by atoms with Gasteiger partial charge in [-0.25, -0.2) is 13.8 Å². The summed E-state index contributed by atoms with van der Waals surface area (Å²) in [6.07, 6.45) is 0.696. The van der Waals surface area contributed by atoms with Crippen LogP contribution in [0.5, 0.6) is 0 Å². The number of halogens is 2. The van der Waals surface area contributed by atoms with Crippen molar-refractivity contribution in [3.8, 4) is 22.6 Å². The number of nitrogens with zero attached hydrogens (tertiary/aromatic N) is 2. The Labute approximate surface area is 191 Å². The van der Waals surface area contributed by atoms with Gasteiger partial charge in [0.2, 0.25) is 0 Å². The van der Waals surface area contributed by atoms with Crippen LogP contribution in [0.15, 0.2) is 78.9 Å². The third-order valence-corrected chi connectivity index (χ3v) is 5.60. The van der Waals surface area contributed by atoms with E-state index in [4.69, 9.17) is 4.98 Å². The van der Waals surface area contributed by atoms with Gasteiger partial charge in [-0.1, -0.05) is 61.5 Å². The van der Waals surface area contributed by atoms with Gasteiger partial charge < -0.3 is 9.88 Å². The van der Waals surface area contributed by atoms with Gasteiger partial charge in [-0.05, 0) is 43.2 Å². The number of carbonyl (C=O) groups is 1. The second-order valence-electron chi connectivity index (χ2n) is 7.74. The normalized spacial score (nSPS) is 11.9. The number of rotatable bonds is 7. The Morgan fingerprint density at radius 1 is 0.909 bits per heavy atom.